The number of rotatable bonds is 13. The molecule has 2 N–H and O–H groups in total. The number of nitrogens with zero attached hydrogens (tertiary/aromatic N) is 5. The van der Waals surface area contributed by atoms with Gasteiger partial charge < -0.3 is 39.2 Å². The minimum Gasteiger partial charge on any atom is -0.457 e. The highest BCUT2D eigenvalue weighted by molar-refractivity contribution is 6.31. The summed E-state index contributed by atoms with van der Waals surface area (Å²) >= 11 is 12.7. The maximum atomic E-state index is 14.5. The normalized spacial score (nSPS) is 19.5. The standard InChI is InChI=1S/C46H59Cl2N7O6/c1-30(49-25-33-13-18-35(48)23-39(33)60-36-19-14-32(15-20-36)37-26-50-40(53(37)9)27-52(7)8)42(57)55-38(28-59-45(55,5)6)41(56)51-46(24-31-11-16-34(47)17-12-31)21-10-22-54(29-46)43(58)61-44(2,3)4/h11-20,23,26,30,38,49H,10,21-22,24-25,27-29H2,1-9H3,(H,51,56)/t30-,38?,46+/m0/s1. The van der Waals surface area contributed by atoms with E-state index >= 15 is 0 Å². The van der Waals surface area contributed by atoms with Gasteiger partial charge in [-0.3, -0.25) is 14.5 Å². The van der Waals surface area contributed by atoms with Crippen LogP contribution in [-0.4, -0.2) is 105 Å². The van der Waals surface area contributed by atoms with Gasteiger partial charge in [0.1, 0.15) is 34.7 Å². The largest absolute Gasteiger partial charge is 0.457 e. The van der Waals surface area contributed by atoms with Crippen molar-refractivity contribution < 1.29 is 28.6 Å². The summed E-state index contributed by atoms with van der Waals surface area (Å²) in [5, 5.41) is 7.77. The first-order valence-electron chi connectivity index (χ1n) is 20.7. The van der Waals surface area contributed by atoms with Gasteiger partial charge in [0.2, 0.25) is 11.8 Å². The maximum absolute atomic E-state index is 14.5. The molecule has 6 rings (SSSR count). The number of ether oxygens (including phenoxy) is 3. The van der Waals surface area contributed by atoms with Gasteiger partial charge in [0.25, 0.3) is 0 Å². The van der Waals surface area contributed by atoms with Crippen LogP contribution in [0.3, 0.4) is 0 Å². The Bertz CT molecular complexity index is 2190. The van der Waals surface area contributed by atoms with E-state index in [2.05, 4.69) is 25.1 Å². The van der Waals surface area contributed by atoms with Crippen molar-refractivity contribution in [3.8, 4) is 22.8 Å². The molecular weight excluding hydrogens is 817 g/mol. The Kier molecular flexibility index (Phi) is 14.1. The van der Waals surface area contributed by atoms with Crippen LogP contribution in [0, 0.1) is 0 Å². The number of piperidine rings is 1. The molecule has 15 heteroatoms. The number of nitrogens with one attached hydrogen (secondary N) is 2. The Balaban J connectivity index is 1.15. The topological polar surface area (TPSA) is 130 Å². The van der Waals surface area contributed by atoms with Crippen LogP contribution in [0.4, 0.5) is 4.79 Å². The Morgan fingerprint density at radius 2 is 1.70 bits per heavy atom. The van der Waals surface area contributed by atoms with Gasteiger partial charge in [-0.1, -0.05) is 41.4 Å². The summed E-state index contributed by atoms with van der Waals surface area (Å²) in [6.07, 6.45) is 3.14. The fourth-order valence-electron chi connectivity index (χ4n) is 7.95. The Hall–Kier alpha value is -4.66. The number of likely N-dealkylation sites (tertiary alicyclic amines) is 1. The fraction of sp³-hybridized carbons (Fsp3) is 0.478. The smallest absolute Gasteiger partial charge is 0.410 e. The van der Waals surface area contributed by atoms with Gasteiger partial charge in [0, 0.05) is 47.9 Å². The predicted octanol–water partition coefficient (Wildman–Crippen LogP) is 7.82. The lowest BCUT2D eigenvalue weighted by Gasteiger charge is -2.44. The van der Waals surface area contributed by atoms with Crippen LogP contribution < -0.4 is 15.4 Å². The average molecular weight is 877 g/mol. The van der Waals surface area contributed by atoms with Gasteiger partial charge in [-0.2, -0.15) is 0 Å². The fourth-order valence-corrected chi connectivity index (χ4v) is 8.24. The molecule has 2 fully saturated rings. The molecule has 0 spiro atoms. The van der Waals surface area contributed by atoms with E-state index in [1.54, 1.807) is 37.8 Å². The summed E-state index contributed by atoms with van der Waals surface area (Å²) in [6, 6.07) is 19.0. The van der Waals surface area contributed by atoms with Crippen LogP contribution in [0.1, 0.15) is 71.3 Å². The molecule has 1 aromatic heterocycles. The second-order valence-electron chi connectivity index (χ2n) is 17.9. The van der Waals surface area contributed by atoms with Gasteiger partial charge in [0.05, 0.1) is 36.6 Å². The van der Waals surface area contributed by atoms with Gasteiger partial charge in [-0.05, 0) is 129 Å². The van der Waals surface area contributed by atoms with Crippen molar-refractivity contribution in [2.24, 2.45) is 7.05 Å². The monoisotopic (exact) mass is 875 g/mol. The molecule has 2 aliphatic rings. The summed E-state index contributed by atoms with van der Waals surface area (Å²) in [5.74, 6) is 1.47. The van der Waals surface area contributed by atoms with Crippen molar-refractivity contribution in [1.29, 1.82) is 0 Å². The van der Waals surface area contributed by atoms with Gasteiger partial charge in [-0.25, -0.2) is 9.78 Å². The number of imidazole rings is 1. The number of carbonyl (C=O) groups excluding carboxylic acids is 3. The van der Waals surface area contributed by atoms with Gasteiger partial charge in [0.15, 0.2) is 0 Å². The molecule has 0 radical (unpaired) electrons. The number of amides is 3. The number of hydrogen-bond acceptors (Lipinski definition) is 9. The minimum absolute atomic E-state index is 0.00982. The second kappa shape index (κ2) is 18.8. The maximum Gasteiger partial charge on any atom is 0.410 e. The van der Waals surface area contributed by atoms with Gasteiger partial charge in [-0.15, -0.1) is 0 Å². The Labute approximate surface area is 369 Å². The van der Waals surface area contributed by atoms with Gasteiger partial charge >= 0.3 is 6.09 Å². The molecule has 2 saturated heterocycles. The zero-order valence-corrected chi connectivity index (χ0v) is 38.2. The SMILES string of the molecule is C[C@H](NCc1ccc(Cl)cc1Oc1ccc(-c2cnc(CN(C)C)n2C)cc1)C(=O)N1C(C(=O)N[C@@]2(Cc3ccc(Cl)cc3)CCCN(C(=O)OC(C)(C)C)C2)COC1(C)C. The van der Waals surface area contributed by atoms with Crippen molar-refractivity contribution in [2.45, 2.75) is 103 Å². The first-order valence-corrected chi connectivity index (χ1v) is 21.4. The molecular formula is C46H59Cl2N7O6. The molecule has 2 aliphatic heterocycles. The third kappa shape index (κ3) is 11.4. The highest BCUT2D eigenvalue weighted by atomic mass is 35.5. The van der Waals surface area contributed by atoms with Crippen molar-refractivity contribution in [1.82, 2.24) is 34.9 Å². The molecule has 3 amide bonds. The molecule has 1 unspecified atom stereocenters. The minimum atomic E-state index is -1.07. The Morgan fingerprint density at radius 1 is 1.02 bits per heavy atom. The van der Waals surface area contributed by atoms with Crippen molar-refractivity contribution in [3.63, 3.8) is 0 Å². The van der Waals surface area contributed by atoms with E-state index in [-0.39, 0.29) is 31.5 Å². The second-order valence-corrected chi connectivity index (χ2v) is 18.8. The van der Waals surface area contributed by atoms with Crippen molar-refractivity contribution >= 4 is 41.1 Å². The Morgan fingerprint density at radius 3 is 2.38 bits per heavy atom. The molecule has 3 atom stereocenters. The first-order chi connectivity index (χ1) is 28.7. The first kappa shape index (κ1) is 45.9. The molecule has 0 saturated carbocycles. The van der Waals surface area contributed by atoms with E-state index in [0.717, 1.165) is 34.8 Å². The molecule has 3 heterocycles. The third-order valence-corrected chi connectivity index (χ3v) is 11.5. The molecule has 61 heavy (non-hydrogen) atoms. The lowest BCUT2D eigenvalue weighted by atomic mass is 9.82. The van der Waals surface area contributed by atoms with Crippen molar-refractivity contribution in [3.05, 3.63) is 99.9 Å². The highest BCUT2D eigenvalue weighted by Crippen LogP contribution is 2.34. The molecule has 3 aromatic carbocycles. The van der Waals surface area contributed by atoms with Crippen LogP contribution in [0.15, 0.2) is 72.9 Å². The van der Waals surface area contributed by atoms with E-state index in [9.17, 15) is 14.4 Å². The van der Waals surface area contributed by atoms with Crippen LogP contribution in [0.2, 0.25) is 10.0 Å². The zero-order valence-electron chi connectivity index (χ0n) is 36.7. The summed E-state index contributed by atoms with van der Waals surface area (Å²) < 4.78 is 20.3. The predicted molar refractivity (Wildman–Crippen MR) is 238 cm³/mol. The number of benzene rings is 3. The number of hydrogen-bond donors (Lipinski definition) is 2. The summed E-state index contributed by atoms with van der Waals surface area (Å²) in [6.45, 7) is 12.6. The molecule has 0 aliphatic carbocycles. The highest BCUT2D eigenvalue weighted by Gasteiger charge is 2.50. The van der Waals surface area contributed by atoms with E-state index < -0.39 is 35.0 Å². The molecule has 13 nitrogen and oxygen atoms in total. The van der Waals surface area contributed by atoms with E-state index in [1.807, 2.05) is 103 Å². The van der Waals surface area contributed by atoms with E-state index in [1.165, 1.54) is 4.90 Å². The van der Waals surface area contributed by atoms with Crippen LogP contribution in [-0.2, 0) is 45.6 Å². The summed E-state index contributed by atoms with van der Waals surface area (Å²) in [5.41, 5.74) is 1.15. The van der Waals surface area contributed by atoms with Crippen LogP contribution >= 0.6 is 23.2 Å². The quantitative estimate of drug-likeness (QED) is 0.138. The van der Waals surface area contributed by atoms with Crippen LogP contribution in [0.5, 0.6) is 11.5 Å². The van der Waals surface area contributed by atoms with Crippen molar-refractivity contribution in [2.75, 3.05) is 33.8 Å². The lowest BCUT2D eigenvalue weighted by Crippen LogP contribution is -2.65. The molecule has 0 bridgehead atoms. The summed E-state index contributed by atoms with van der Waals surface area (Å²) in [4.78, 5) is 52.0. The molecule has 4 aromatic rings. The summed E-state index contributed by atoms with van der Waals surface area (Å²) in [7, 11) is 6.04. The van der Waals surface area contributed by atoms with E-state index in [0.29, 0.717) is 47.4 Å². The number of halogens is 2. The van der Waals surface area contributed by atoms with Crippen LogP contribution in [0.25, 0.3) is 11.3 Å². The number of carbonyl (C=O) groups is 3. The third-order valence-electron chi connectivity index (χ3n) is 11.0. The number of aromatic nitrogens is 2. The zero-order chi connectivity index (χ0) is 44.3. The average Bonchev–Trinajstić information content (AvgIpc) is 3.71. The molecule has 328 valence electrons. The lowest BCUT2D eigenvalue weighted by molar-refractivity contribution is -0.152. The van der Waals surface area contributed by atoms with E-state index in [4.69, 9.17) is 37.4 Å².